The van der Waals surface area contributed by atoms with Gasteiger partial charge in [-0.3, -0.25) is 18.9 Å². The molecule has 0 saturated heterocycles. The molecule has 0 saturated carbocycles. The molecule has 8 nitrogen and oxygen atoms in total. The van der Waals surface area contributed by atoms with Gasteiger partial charge >= 0.3 is 5.76 Å². The van der Waals surface area contributed by atoms with Gasteiger partial charge in [0, 0.05) is 75.4 Å². The summed E-state index contributed by atoms with van der Waals surface area (Å²) >= 11 is 0. The van der Waals surface area contributed by atoms with E-state index in [-0.39, 0.29) is 62.4 Å². The fourth-order valence-electron chi connectivity index (χ4n) is 5.06. The molecular formula is C35H38KN4O4. The second-order valence-corrected chi connectivity index (χ2v) is 11.9. The Balaban J connectivity index is 0.00000442. The summed E-state index contributed by atoms with van der Waals surface area (Å²) in [4.78, 5) is 33.3. The molecule has 0 amide bonds. The number of hydrogen-bond donors (Lipinski definition) is 1. The molecule has 0 atom stereocenters. The minimum Gasteiger partial charge on any atom is -0.493 e. The monoisotopic (exact) mass is 617 g/mol. The maximum atomic E-state index is 14.1. The summed E-state index contributed by atoms with van der Waals surface area (Å²) in [7, 11) is 0. The van der Waals surface area contributed by atoms with Gasteiger partial charge < -0.3 is 4.74 Å². The third kappa shape index (κ3) is 7.94. The Kier molecular flexibility index (Phi) is 11.4. The number of H-pyrrole nitrogens is 1. The van der Waals surface area contributed by atoms with Crippen molar-refractivity contribution in [3.05, 3.63) is 116 Å². The second kappa shape index (κ2) is 14.8. The van der Waals surface area contributed by atoms with Crippen LogP contribution in [0.3, 0.4) is 0 Å². The Morgan fingerprint density at radius 1 is 0.909 bits per heavy atom. The number of nitrogens with zero attached hydrogens (tertiary/aromatic N) is 3. The van der Waals surface area contributed by atoms with Gasteiger partial charge in [-0.05, 0) is 52.8 Å². The van der Waals surface area contributed by atoms with Gasteiger partial charge in [0.1, 0.15) is 11.6 Å². The number of rotatable bonds is 10. The number of benzene rings is 3. The summed E-state index contributed by atoms with van der Waals surface area (Å²) in [5.41, 5.74) is 6.01. The molecular weight excluding hydrogens is 580 g/mol. The molecule has 0 aliphatic rings. The van der Waals surface area contributed by atoms with Crippen molar-refractivity contribution in [3.8, 4) is 34.0 Å². The van der Waals surface area contributed by atoms with E-state index >= 15 is 0 Å². The summed E-state index contributed by atoms with van der Waals surface area (Å²) in [6, 6.07) is 23.5. The van der Waals surface area contributed by atoms with Crippen LogP contribution in [0.2, 0.25) is 0 Å². The number of ether oxygens (including phenoxy) is 1. The SMILES string of the molecule is CCCc1nc(CC)n(-c2ccc(OCC(C)(C)C)cc2)c(=O)c1Cc1ccc(-c2ccccc2-c2noc(=O)[nH]2)cc1.[K]. The summed E-state index contributed by atoms with van der Waals surface area (Å²) < 4.78 is 12.4. The van der Waals surface area contributed by atoms with E-state index in [1.807, 2.05) is 79.7 Å². The van der Waals surface area contributed by atoms with Gasteiger partial charge in [-0.25, -0.2) is 9.78 Å². The molecule has 44 heavy (non-hydrogen) atoms. The summed E-state index contributed by atoms with van der Waals surface area (Å²) in [5, 5.41) is 3.86. The van der Waals surface area contributed by atoms with Crippen LogP contribution in [0.1, 0.15) is 63.7 Å². The van der Waals surface area contributed by atoms with E-state index < -0.39 is 5.76 Å². The van der Waals surface area contributed by atoms with Crippen LogP contribution in [-0.2, 0) is 19.3 Å². The van der Waals surface area contributed by atoms with Crippen molar-refractivity contribution in [1.29, 1.82) is 0 Å². The zero-order valence-electron chi connectivity index (χ0n) is 26.4. The predicted molar refractivity (Wildman–Crippen MR) is 175 cm³/mol. The van der Waals surface area contributed by atoms with E-state index in [1.54, 1.807) is 4.57 Å². The topological polar surface area (TPSA) is 103 Å². The van der Waals surface area contributed by atoms with E-state index in [1.165, 1.54) is 0 Å². The molecule has 2 aromatic heterocycles. The third-order valence-electron chi connectivity index (χ3n) is 7.17. The van der Waals surface area contributed by atoms with E-state index in [2.05, 4.69) is 37.8 Å². The van der Waals surface area contributed by atoms with Crippen molar-refractivity contribution in [3.63, 3.8) is 0 Å². The van der Waals surface area contributed by atoms with Crippen LogP contribution >= 0.6 is 0 Å². The van der Waals surface area contributed by atoms with E-state index in [9.17, 15) is 9.59 Å². The molecule has 223 valence electrons. The van der Waals surface area contributed by atoms with Crippen molar-refractivity contribution >= 4 is 51.4 Å². The Morgan fingerprint density at radius 2 is 1.59 bits per heavy atom. The molecule has 0 aliphatic heterocycles. The van der Waals surface area contributed by atoms with Crippen LogP contribution in [-0.4, -0.2) is 77.7 Å². The van der Waals surface area contributed by atoms with Crippen LogP contribution in [0.5, 0.6) is 5.75 Å². The zero-order chi connectivity index (χ0) is 30.6. The van der Waals surface area contributed by atoms with Crippen LogP contribution in [0.15, 0.2) is 86.9 Å². The second-order valence-electron chi connectivity index (χ2n) is 11.9. The van der Waals surface area contributed by atoms with Crippen LogP contribution in [0.25, 0.3) is 28.2 Å². The van der Waals surface area contributed by atoms with Gasteiger partial charge in [0.05, 0.1) is 18.0 Å². The predicted octanol–water partition coefficient (Wildman–Crippen LogP) is 6.39. The van der Waals surface area contributed by atoms with Crippen LogP contribution in [0, 0.1) is 5.41 Å². The van der Waals surface area contributed by atoms with Gasteiger partial charge in [0.25, 0.3) is 5.56 Å². The van der Waals surface area contributed by atoms with Gasteiger partial charge in [-0.15, -0.1) is 0 Å². The number of aromatic nitrogens is 4. The molecule has 5 aromatic rings. The molecule has 9 heteroatoms. The van der Waals surface area contributed by atoms with Crippen molar-refractivity contribution < 1.29 is 9.26 Å². The molecule has 1 radical (unpaired) electrons. The Hall–Kier alpha value is -3.08. The van der Waals surface area contributed by atoms with E-state index in [0.29, 0.717) is 30.8 Å². The van der Waals surface area contributed by atoms with Gasteiger partial charge in [0.15, 0.2) is 5.82 Å². The minimum absolute atomic E-state index is 0. The minimum atomic E-state index is -0.596. The van der Waals surface area contributed by atoms with Gasteiger partial charge in [-0.2, -0.15) is 0 Å². The molecule has 0 fully saturated rings. The summed E-state index contributed by atoms with van der Waals surface area (Å²) in [5.74, 6) is 1.31. The molecule has 0 bridgehead atoms. The van der Waals surface area contributed by atoms with E-state index in [0.717, 1.165) is 58.1 Å². The van der Waals surface area contributed by atoms with Crippen LogP contribution in [0.4, 0.5) is 0 Å². The quantitative estimate of drug-likeness (QED) is 0.182. The number of aromatic amines is 1. The fourth-order valence-corrected chi connectivity index (χ4v) is 5.06. The first-order valence-electron chi connectivity index (χ1n) is 14.8. The Labute approximate surface area is 300 Å². The molecule has 3 aromatic carbocycles. The maximum absolute atomic E-state index is 14.1. The molecule has 1 N–H and O–H groups in total. The first kappa shape index (κ1) is 33.8. The van der Waals surface area contributed by atoms with Gasteiger partial charge in [-0.1, -0.05) is 94.7 Å². The normalized spacial score (nSPS) is 11.3. The average Bonchev–Trinajstić information content (AvgIpc) is 3.44. The van der Waals surface area contributed by atoms with Crippen LogP contribution < -0.4 is 16.1 Å². The Morgan fingerprint density at radius 3 is 2.18 bits per heavy atom. The summed E-state index contributed by atoms with van der Waals surface area (Å²) in [6.07, 6.45) is 2.74. The molecule has 0 aliphatic carbocycles. The van der Waals surface area contributed by atoms with Crippen molar-refractivity contribution in [2.45, 2.75) is 60.3 Å². The maximum Gasteiger partial charge on any atom is 0.439 e. The van der Waals surface area contributed by atoms with Crippen molar-refractivity contribution in [1.82, 2.24) is 19.7 Å². The standard InChI is InChI=1S/C35H38N4O4.K/c1-6-10-30-29(33(40)39(31(7-2)36-30)25-17-19-26(20-18-25)42-22-35(3,4)5)21-23-13-15-24(16-14-23)27-11-8-9-12-28(27)32-37-34(41)43-38-32;/h8-9,11-20H,6-7,10,21-22H2,1-5H3,(H,37,38,41);. The summed E-state index contributed by atoms with van der Waals surface area (Å²) in [6.45, 7) is 11.1. The number of aryl methyl sites for hydroxylation is 2. The largest absolute Gasteiger partial charge is 0.493 e. The Bertz CT molecular complexity index is 1810. The third-order valence-corrected chi connectivity index (χ3v) is 7.17. The van der Waals surface area contributed by atoms with Gasteiger partial charge in [0.2, 0.25) is 0 Å². The first-order valence-corrected chi connectivity index (χ1v) is 14.8. The van der Waals surface area contributed by atoms with E-state index in [4.69, 9.17) is 14.2 Å². The van der Waals surface area contributed by atoms with Crippen molar-refractivity contribution in [2.24, 2.45) is 5.41 Å². The smallest absolute Gasteiger partial charge is 0.439 e. The average molecular weight is 618 g/mol. The van der Waals surface area contributed by atoms with Crippen molar-refractivity contribution in [2.75, 3.05) is 6.61 Å². The number of nitrogens with one attached hydrogen (secondary N) is 1. The number of hydrogen-bond acceptors (Lipinski definition) is 6. The zero-order valence-corrected chi connectivity index (χ0v) is 29.6. The molecule has 2 heterocycles. The molecule has 0 unspecified atom stereocenters. The molecule has 0 spiro atoms. The first-order chi connectivity index (χ1) is 20.7. The fraction of sp³-hybridized carbons (Fsp3) is 0.314. The molecule has 5 rings (SSSR count).